The van der Waals surface area contributed by atoms with E-state index in [-0.39, 0.29) is 5.91 Å². The summed E-state index contributed by atoms with van der Waals surface area (Å²) >= 11 is 0. The molecule has 0 unspecified atom stereocenters. The van der Waals surface area contributed by atoms with Gasteiger partial charge in [0.15, 0.2) is 5.65 Å². The zero-order valence-corrected chi connectivity index (χ0v) is 16.7. The van der Waals surface area contributed by atoms with E-state index in [1.165, 1.54) is 12.6 Å². The van der Waals surface area contributed by atoms with Crippen molar-refractivity contribution in [1.29, 1.82) is 0 Å². The summed E-state index contributed by atoms with van der Waals surface area (Å²) in [6, 6.07) is 8.17. The van der Waals surface area contributed by atoms with Crippen LogP contribution in [0.15, 0.2) is 36.8 Å². The van der Waals surface area contributed by atoms with Crippen molar-refractivity contribution in [2.24, 2.45) is 0 Å². The molecule has 1 N–H and O–H groups in total. The van der Waals surface area contributed by atoms with Crippen molar-refractivity contribution in [3.8, 4) is 5.75 Å². The van der Waals surface area contributed by atoms with Crippen molar-refractivity contribution in [3.05, 3.63) is 36.8 Å². The van der Waals surface area contributed by atoms with Crippen molar-refractivity contribution in [2.45, 2.75) is 13.5 Å². The number of amides is 1. The van der Waals surface area contributed by atoms with E-state index < -0.39 is 0 Å². The van der Waals surface area contributed by atoms with E-state index in [2.05, 4.69) is 42.3 Å². The van der Waals surface area contributed by atoms with Gasteiger partial charge in [0.2, 0.25) is 5.91 Å². The Kier molecular flexibility index (Phi) is 5.46. The average molecular weight is 395 g/mol. The van der Waals surface area contributed by atoms with Crippen LogP contribution in [0.3, 0.4) is 0 Å². The van der Waals surface area contributed by atoms with Crippen molar-refractivity contribution in [3.63, 3.8) is 0 Å². The molecular weight excluding hydrogens is 370 g/mol. The van der Waals surface area contributed by atoms with Gasteiger partial charge in [0.1, 0.15) is 17.9 Å². The lowest BCUT2D eigenvalue weighted by Gasteiger charge is -2.36. The molecule has 0 aliphatic carbocycles. The number of nitrogens with one attached hydrogen (secondary N) is 1. The molecule has 2 aromatic heterocycles. The Labute approximate surface area is 169 Å². The average Bonchev–Trinajstić information content (AvgIpc) is 3.17. The van der Waals surface area contributed by atoms with Gasteiger partial charge in [0, 0.05) is 45.3 Å². The number of ether oxygens (including phenoxy) is 1. The van der Waals surface area contributed by atoms with Crippen molar-refractivity contribution in [1.82, 2.24) is 25.1 Å². The molecule has 9 nitrogen and oxygen atoms in total. The second-order valence-electron chi connectivity index (χ2n) is 6.96. The highest BCUT2D eigenvalue weighted by molar-refractivity contribution is 5.86. The Balaban J connectivity index is 1.45. The van der Waals surface area contributed by atoms with Crippen LogP contribution in [-0.2, 0) is 11.3 Å². The standard InChI is InChI=1S/C20H25N7O2/c1-15(28)21-7-8-27-20-18(13-24-27)19(22-14-23-20)26-11-9-25(10-12-26)16-3-5-17(29-2)6-4-16/h3-6,13-14H,7-12H2,1-2H3,(H,21,28). The molecule has 0 radical (unpaired) electrons. The summed E-state index contributed by atoms with van der Waals surface area (Å²) in [5, 5.41) is 8.17. The maximum atomic E-state index is 11.1. The molecule has 3 heterocycles. The number of methoxy groups -OCH3 is 1. The number of hydrogen-bond acceptors (Lipinski definition) is 7. The van der Waals surface area contributed by atoms with Crippen LogP contribution in [0.25, 0.3) is 11.0 Å². The van der Waals surface area contributed by atoms with Gasteiger partial charge in [-0.2, -0.15) is 5.10 Å². The molecule has 9 heteroatoms. The second kappa shape index (κ2) is 8.34. The molecule has 3 aromatic rings. The molecule has 0 atom stereocenters. The Morgan fingerprint density at radius 1 is 1.10 bits per heavy atom. The third kappa shape index (κ3) is 4.08. The van der Waals surface area contributed by atoms with Gasteiger partial charge in [-0.15, -0.1) is 0 Å². The molecule has 4 rings (SSSR count). The van der Waals surface area contributed by atoms with Gasteiger partial charge in [-0.1, -0.05) is 0 Å². The maximum absolute atomic E-state index is 11.1. The van der Waals surface area contributed by atoms with Gasteiger partial charge in [-0.05, 0) is 24.3 Å². The highest BCUT2D eigenvalue weighted by atomic mass is 16.5. The SMILES string of the molecule is COc1ccc(N2CCN(c3ncnc4c3cnn4CCNC(C)=O)CC2)cc1. The number of anilines is 2. The van der Waals surface area contributed by atoms with E-state index in [4.69, 9.17) is 4.74 Å². The lowest BCUT2D eigenvalue weighted by atomic mass is 10.2. The monoisotopic (exact) mass is 395 g/mol. The molecule has 0 saturated carbocycles. The van der Waals surface area contributed by atoms with E-state index in [0.717, 1.165) is 48.8 Å². The van der Waals surface area contributed by atoms with Gasteiger partial charge >= 0.3 is 0 Å². The minimum atomic E-state index is -0.0495. The van der Waals surface area contributed by atoms with Crippen molar-refractivity contribution < 1.29 is 9.53 Å². The summed E-state index contributed by atoms with van der Waals surface area (Å²) in [6.45, 7) is 6.16. The summed E-state index contributed by atoms with van der Waals surface area (Å²) in [5.74, 6) is 1.73. The molecule has 1 saturated heterocycles. The smallest absolute Gasteiger partial charge is 0.216 e. The van der Waals surface area contributed by atoms with Crippen LogP contribution in [0.5, 0.6) is 5.75 Å². The molecule has 0 spiro atoms. The normalized spacial score (nSPS) is 14.3. The summed E-state index contributed by atoms with van der Waals surface area (Å²) < 4.78 is 7.05. The van der Waals surface area contributed by atoms with E-state index in [1.54, 1.807) is 13.4 Å². The number of carbonyl (C=O) groups excluding carboxylic acids is 1. The zero-order valence-electron chi connectivity index (χ0n) is 16.7. The third-order valence-corrected chi connectivity index (χ3v) is 5.13. The predicted octanol–water partition coefficient (Wildman–Crippen LogP) is 1.30. The molecule has 29 heavy (non-hydrogen) atoms. The lowest BCUT2D eigenvalue weighted by molar-refractivity contribution is -0.118. The fourth-order valence-corrected chi connectivity index (χ4v) is 3.60. The molecule has 1 amide bonds. The minimum absolute atomic E-state index is 0.0495. The van der Waals surface area contributed by atoms with Crippen LogP contribution in [0.4, 0.5) is 11.5 Å². The molecule has 1 aromatic carbocycles. The molecule has 152 valence electrons. The number of rotatable bonds is 6. The molecule has 0 bridgehead atoms. The Bertz CT molecular complexity index is 978. The van der Waals surface area contributed by atoms with Crippen LogP contribution in [-0.4, -0.2) is 65.5 Å². The van der Waals surface area contributed by atoms with E-state index in [9.17, 15) is 4.79 Å². The van der Waals surface area contributed by atoms with Crippen LogP contribution >= 0.6 is 0 Å². The Morgan fingerprint density at radius 2 is 1.83 bits per heavy atom. The van der Waals surface area contributed by atoms with E-state index >= 15 is 0 Å². The van der Waals surface area contributed by atoms with Gasteiger partial charge in [-0.25, -0.2) is 14.6 Å². The van der Waals surface area contributed by atoms with E-state index in [1.807, 2.05) is 23.0 Å². The topological polar surface area (TPSA) is 88.4 Å². The predicted molar refractivity (Wildman–Crippen MR) is 111 cm³/mol. The third-order valence-electron chi connectivity index (χ3n) is 5.13. The highest BCUT2D eigenvalue weighted by Crippen LogP contribution is 2.26. The molecule has 1 aliphatic heterocycles. The lowest BCUT2D eigenvalue weighted by Crippen LogP contribution is -2.46. The number of hydrogen-bond donors (Lipinski definition) is 1. The summed E-state index contributed by atoms with van der Waals surface area (Å²) in [7, 11) is 1.68. The van der Waals surface area contributed by atoms with Crippen LogP contribution in [0.1, 0.15) is 6.92 Å². The first-order valence-corrected chi connectivity index (χ1v) is 9.70. The number of nitrogens with zero attached hydrogens (tertiary/aromatic N) is 6. The van der Waals surface area contributed by atoms with Crippen LogP contribution < -0.4 is 19.9 Å². The first-order valence-electron chi connectivity index (χ1n) is 9.70. The Morgan fingerprint density at radius 3 is 2.52 bits per heavy atom. The van der Waals surface area contributed by atoms with Crippen LogP contribution in [0.2, 0.25) is 0 Å². The molecular formula is C20H25N7O2. The van der Waals surface area contributed by atoms with Crippen LogP contribution in [0, 0.1) is 0 Å². The first-order chi connectivity index (χ1) is 14.2. The molecule has 1 aliphatic rings. The van der Waals surface area contributed by atoms with Crippen molar-refractivity contribution in [2.75, 3.05) is 49.6 Å². The number of aromatic nitrogens is 4. The number of carbonyl (C=O) groups is 1. The highest BCUT2D eigenvalue weighted by Gasteiger charge is 2.21. The zero-order chi connectivity index (χ0) is 20.2. The maximum Gasteiger partial charge on any atom is 0.216 e. The quantitative estimate of drug-likeness (QED) is 0.673. The fraction of sp³-hybridized carbons (Fsp3) is 0.400. The fourth-order valence-electron chi connectivity index (χ4n) is 3.60. The Hall–Kier alpha value is -3.36. The number of fused-ring (bicyclic) bond motifs is 1. The number of piperazine rings is 1. The number of benzene rings is 1. The summed E-state index contributed by atoms with van der Waals surface area (Å²) in [4.78, 5) is 24.7. The second-order valence-corrected chi connectivity index (χ2v) is 6.96. The van der Waals surface area contributed by atoms with Gasteiger partial charge in [-0.3, -0.25) is 4.79 Å². The van der Waals surface area contributed by atoms with Gasteiger partial charge in [0.25, 0.3) is 0 Å². The van der Waals surface area contributed by atoms with Crippen molar-refractivity contribution >= 4 is 28.4 Å². The van der Waals surface area contributed by atoms with Gasteiger partial charge in [0.05, 0.1) is 25.2 Å². The largest absolute Gasteiger partial charge is 0.497 e. The first kappa shape index (κ1) is 19.0. The van der Waals surface area contributed by atoms with E-state index in [0.29, 0.717) is 13.1 Å². The minimum Gasteiger partial charge on any atom is -0.497 e. The van der Waals surface area contributed by atoms with Gasteiger partial charge < -0.3 is 19.9 Å². The summed E-state index contributed by atoms with van der Waals surface area (Å²) in [5.41, 5.74) is 1.99. The molecule has 1 fully saturated rings. The summed E-state index contributed by atoms with van der Waals surface area (Å²) in [6.07, 6.45) is 3.40.